The molecule has 5 nitrogen and oxygen atoms in total. The SMILES string of the molecule is CC(C)C(=O)C1=C(O)C(=O)N(c2ccc(OCc3ccccc3)cc2)C1c1cccs1. The van der Waals surface area contributed by atoms with Crippen LogP contribution in [-0.2, 0) is 16.2 Å². The Labute approximate surface area is 185 Å². The zero-order chi connectivity index (χ0) is 22.0. The summed E-state index contributed by atoms with van der Waals surface area (Å²) in [6, 6.07) is 20.1. The fraction of sp³-hybridized carbons (Fsp3) is 0.200. The van der Waals surface area contributed by atoms with Gasteiger partial charge in [0.1, 0.15) is 18.4 Å². The van der Waals surface area contributed by atoms with E-state index in [4.69, 9.17) is 4.74 Å². The van der Waals surface area contributed by atoms with Crippen molar-refractivity contribution in [2.45, 2.75) is 26.5 Å². The van der Waals surface area contributed by atoms with E-state index in [9.17, 15) is 14.7 Å². The minimum atomic E-state index is -0.640. The highest BCUT2D eigenvalue weighted by atomic mass is 32.1. The molecule has 2 heterocycles. The van der Waals surface area contributed by atoms with Crippen LogP contribution in [0.25, 0.3) is 0 Å². The number of Topliss-reactive ketones (excluding diaryl/α,β-unsaturated/α-hetero) is 1. The Bertz CT molecular complexity index is 1100. The highest BCUT2D eigenvalue weighted by Crippen LogP contribution is 2.43. The van der Waals surface area contributed by atoms with E-state index in [-0.39, 0.29) is 17.3 Å². The predicted octanol–water partition coefficient (Wildman–Crippen LogP) is 5.45. The molecular formula is C25H23NO4S. The Morgan fingerprint density at radius 1 is 1.06 bits per heavy atom. The maximum Gasteiger partial charge on any atom is 0.294 e. The average Bonchev–Trinajstić information content (AvgIpc) is 3.40. The molecule has 158 valence electrons. The van der Waals surface area contributed by atoms with Crippen LogP contribution in [0.15, 0.2) is 83.4 Å². The molecule has 6 heteroatoms. The van der Waals surface area contributed by atoms with E-state index in [1.807, 2.05) is 47.8 Å². The Kier molecular flexibility index (Phi) is 5.91. The lowest BCUT2D eigenvalue weighted by Crippen LogP contribution is -2.30. The summed E-state index contributed by atoms with van der Waals surface area (Å²) < 4.78 is 5.83. The monoisotopic (exact) mass is 433 g/mol. The second kappa shape index (κ2) is 8.78. The summed E-state index contributed by atoms with van der Waals surface area (Å²) in [6.45, 7) is 3.97. The van der Waals surface area contributed by atoms with E-state index in [0.29, 0.717) is 18.0 Å². The quantitative estimate of drug-likeness (QED) is 0.538. The molecule has 2 aromatic carbocycles. The number of amides is 1. The number of aliphatic hydroxyl groups is 1. The lowest BCUT2D eigenvalue weighted by molar-refractivity contribution is -0.119. The summed E-state index contributed by atoms with van der Waals surface area (Å²) >= 11 is 1.45. The van der Waals surface area contributed by atoms with Crippen molar-refractivity contribution in [3.05, 3.63) is 93.9 Å². The number of thiophene rings is 1. The molecule has 1 aromatic heterocycles. The van der Waals surface area contributed by atoms with E-state index in [0.717, 1.165) is 10.4 Å². The van der Waals surface area contributed by atoms with E-state index in [2.05, 4.69) is 0 Å². The number of hydrogen-bond acceptors (Lipinski definition) is 5. The van der Waals surface area contributed by atoms with Gasteiger partial charge in [-0.3, -0.25) is 14.5 Å². The van der Waals surface area contributed by atoms with Gasteiger partial charge < -0.3 is 9.84 Å². The number of rotatable bonds is 7. The van der Waals surface area contributed by atoms with Crippen LogP contribution in [0.4, 0.5) is 5.69 Å². The molecular weight excluding hydrogens is 410 g/mol. The highest BCUT2D eigenvalue weighted by molar-refractivity contribution is 7.10. The summed E-state index contributed by atoms with van der Waals surface area (Å²) in [7, 11) is 0. The van der Waals surface area contributed by atoms with Gasteiger partial charge in [0.2, 0.25) is 0 Å². The number of ether oxygens (including phenoxy) is 1. The molecule has 1 unspecified atom stereocenters. The lowest BCUT2D eigenvalue weighted by Gasteiger charge is -2.26. The standard InChI is InChI=1S/C25H23NO4S/c1-16(2)23(27)21-22(20-9-6-14-31-20)26(25(29)24(21)28)18-10-12-19(13-11-18)30-15-17-7-4-3-5-8-17/h3-14,16,22,28H,15H2,1-2H3. The Morgan fingerprint density at radius 3 is 2.39 bits per heavy atom. The molecule has 0 saturated heterocycles. The molecule has 1 amide bonds. The van der Waals surface area contributed by atoms with Gasteiger partial charge >= 0.3 is 0 Å². The van der Waals surface area contributed by atoms with Crippen molar-refractivity contribution >= 4 is 28.7 Å². The topological polar surface area (TPSA) is 66.8 Å². The fourth-order valence-electron chi connectivity index (χ4n) is 3.59. The third kappa shape index (κ3) is 4.11. The molecule has 0 saturated carbocycles. The van der Waals surface area contributed by atoms with E-state index in [1.165, 1.54) is 16.2 Å². The summed E-state index contributed by atoms with van der Waals surface area (Å²) in [5.41, 5.74) is 1.81. The van der Waals surface area contributed by atoms with Crippen molar-refractivity contribution in [2.24, 2.45) is 5.92 Å². The van der Waals surface area contributed by atoms with Gasteiger partial charge in [0.05, 0.1) is 5.57 Å². The number of benzene rings is 2. The second-order valence-corrected chi connectivity index (χ2v) is 8.62. The third-order valence-electron chi connectivity index (χ3n) is 5.17. The van der Waals surface area contributed by atoms with Gasteiger partial charge in [-0.2, -0.15) is 0 Å². The van der Waals surface area contributed by atoms with Crippen molar-refractivity contribution in [1.82, 2.24) is 0 Å². The first kappa shape index (κ1) is 20.9. The van der Waals surface area contributed by atoms with Crippen molar-refractivity contribution < 1.29 is 19.4 Å². The first-order chi connectivity index (χ1) is 15.0. The molecule has 0 spiro atoms. The lowest BCUT2D eigenvalue weighted by atomic mass is 9.94. The predicted molar refractivity (Wildman–Crippen MR) is 121 cm³/mol. The molecule has 0 radical (unpaired) electrons. The Hall–Kier alpha value is -3.38. The minimum Gasteiger partial charge on any atom is -0.503 e. The van der Waals surface area contributed by atoms with E-state index in [1.54, 1.807) is 38.1 Å². The number of carbonyl (C=O) groups excluding carboxylic acids is 2. The number of anilines is 1. The number of aliphatic hydroxyl groups excluding tert-OH is 1. The number of carbonyl (C=O) groups is 2. The van der Waals surface area contributed by atoms with Gasteiger partial charge in [0.25, 0.3) is 5.91 Å². The molecule has 1 aliphatic rings. The summed E-state index contributed by atoms with van der Waals surface area (Å²) in [5, 5.41) is 12.5. The van der Waals surface area contributed by atoms with Crippen LogP contribution in [0.3, 0.4) is 0 Å². The minimum absolute atomic E-state index is 0.159. The molecule has 1 atom stereocenters. The number of hydrogen-bond donors (Lipinski definition) is 1. The van der Waals surface area contributed by atoms with Gasteiger partial charge in [0.15, 0.2) is 11.5 Å². The first-order valence-electron chi connectivity index (χ1n) is 10.1. The van der Waals surface area contributed by atoms with Crippen LogP contribution in [0, 0.1) is 5.92 Å². The van der Waals surface area contributed by atoms with Crippen molar-refractivity contribution in [3.8, 4) is 5.75 Å². The van der Waals surface area contributed by atoms with Crippen LogP contribution in [0.1, 0.15) is 30.3 Å². The summed E-state index contributed by atoms with van der Waals surface area (Å²) in [6.07, 6.45) is 0. The maximum absolute atomic E-state index is 13.0. The summed E-state index contributed by atoms with van der Waals surface area (Å²) in [4.78, 5) is 28.1. The van der Waals surface area contributed by atoms with Gasteiger partial charge in [0, 0.05) is 16.5 Å². The van der Waals surface area contributed by atoms with Crippen molar-refractivity contribution in [2.75, 3.05) is 4.90 Å². The van der Waals surface area contributed by atoms with Gasteiger partial charge in [-0.15, -0.1) is 11.3 Å². The molecule has 4 rings (SSSR count). The van der Waals surface area contributed by atoms with Gasteiger partial charge in [-0.05, 0) is 41.3 Å². The molecule has 31 heavy (non-hydrogen) atoms. The van der Waals surface area contributed by atoms with E-state index >= 15 is 0 Å². The number of ketones is 1. The third-order valence-corrected chi connectivity index (χ3v) is 6.10. The molecule has 0 fully saturated rings. The Balaban J connectivity index is 1.62. The molecule has 1 aliphatic heterocycles. The van der Waals surface area contributed by atoms with Crippen LogP contribution in [-0.4, -0.2) is 16.8 Å². The van der Waals surface area contributed by atoms with Gasteiger partial charge in [-0.25, -0.2) is 0 Å². The molecule has 1 N–H and O–H groups in total. The van der Waals surface area contributed by atoms with Gasteiger partial charge in [-0.1, -0.05) is 50.2 Å². The largest absolute Gasteiger partial charge is 0.503 e. The second-order valence-electron chi connectivity index (χ2n) is 7.64. The first-order valence-corrected chi connectivity index (χ1v) is 11.0. The molecule has 0 bridgehead atoms. The number of nitrogens with zero attached hydrogens (tertiary/aromatic N) is 1. The van der Waals surface area contributed by atoms with Crippen LogP contribution in [0.2, 0.25) is 0 Å². The average molecular weight is 434 g/mol. The normalized spacial score (nSPS) is 16.3. The maximum atomic E-state index is 13.0. The smallest absolute Gasteiger partial charge is 0.294 e. The highest BCUT2D eigenvalue weighted by Gasteiger charge is 2.45. The fourth-order valence-corrected chi connectivity index (χ4v) is 4.42. The zero-order valence-corrected chi connectivity index (χ0v) is 18.1. The Morgan fingerprint density at radius 2 is 1.77 bits per heavy atom. The molecule has 0 aliphatic carbocycles. The van der Waals surface area contributed by atoms with E-state index < -0.39 is 17.7 Å². The van der Waals surface area contributed by atoms with Crippen LogP contribution < -0.4 is 9.64 Å². The van der Waals surface area contributed by atoms with Crippen molar-refractivity contribution in [1.29, 1.82) is 0 Å². The van der Waals surface area contributed by atoms with Crippen LogP contribution >= 0.6 is 11.3 Å². The van der Waals surface area contributed by atoms with Crippen molar-refractivity contribution in [3.63, 3.8) is 0 Å². The zero-order valence-electron chi connectivity index (χ0n) is 17.3. The molecule has 3 aromatic rings. The van der Waals surface area contributed by atoms with Crippen LogP contribution in [0.5, 0.6) is 5.75 Å². The summed E-state index contributed by atoms with van der Waals surface area (Å²) in [5.74, 6) is -0.930.